The second kappa shape index (κ2) is 5.42. The molecule has 98 valence electrons. The summed E-state index contributed by atoms with van der Waals surface area (Å²) in [6.07, 6.45) is 1.28. The van der Waals surface area contributed by atoms with E-state index in [0.29, 0.717) is 0 Å². The maximum absolute atomic E-state index is 4.66. The molecule has 1 atom stereocenters. The Bertz CT molecular complexity index is 439. The smallest absolute Gasteiger partial charge is 0.0859 e. The van der Waals surface area contributed by atoms with Crippen molar-refractivity contribution in [2.75, 3.05) is 24.5 Å². The van der Waals surface area contributed by atoms with E-state index in [-0.39, 0.29) is 0 Å². The van der Waals surface area contributed by atoms with Crippen LogP contribution < -0.4 is 10.2 Å². The molecule has 1 saturated heterocycles. The fourth-order valence-corrected chi connectivity index (χ4v) is 2.51. The van der Waals surface area contributed by atoms with E-state index in [1.807, 2.05) is 0 Å². The van der Waals surface area contributed by atoms with E-state index in [1.54, 1.807) is 0 Å². The van der Waals surface area contributed by atoms with Gasteiger partial charge in [0.05, 0.1) is 22.8 Å². The topological polar surface area (TPSA) is 28.2 Å². The van der Waals surface area contributed by atoms with Crippen molar-refractivity contribution in [1.82, 2.24) is 10.3 Å². The van der Waals surface area contributed by atoms with Crippen LogP contribution >= 0.6 is 0 Å². The first-order valence-corrected chi connectivity index (χ1v) is 6.77. The van der Waals surface area contributed by atoms with Crippen LogP contribution in [0.5, 0.6) is 0 Å². The molecule has 3 heteroatoms. The molecule has 0 amide bonds. The number of pyridine rings is 1. The third-order valence-electron chi connectivity index (χ3n) is 3.52. The summed E-state index contributed by atoms with van der Waals surface area (Å²) in [7, 11) is 0. The van der Waals surface area contributed by atoms with Crippen LogP contribution in [-0.4, -0.2) is 24.6 Å². The van der Waals surface area contributed by atoms with Gasteiger partial charge in [0, 0.05) is 19.6 Å². The fourth-order valence-electron chi connectivity index (χ4n) is 2.51. The van der Waals surface area contributed by atoms with Crippen LogP contribution in [-0.2, 0) is 0 Å². The summed E-state index contributed by atoms with van der Waals surface area (Å²) >= 11 is 0. The monoisotopic (exact) mass is 245 g/mol. The Labute approximate surface area is 110 Å². The summed E-state index contributed by atoms with van der Waals surface area (Å²) in [5.41, 5.74) is 4.22. The predicted octanol–water partition coefficient (Wildman–Crippen LogP) is 2.82. The van der Waals surface area contributed by atoms with Crippen LogP contribution in [0.1, 0.15) is 31.7 Å². The molecular formula is C15H23N3. The summed E-state index contributed by atoms with van der Waals surface area (Å²) in [6.45, 7) is 13.6. The first-order chi connectivity index (χ1) is 8.61. The number of hydrogen-bond donors (Lipinski definition) is 1. The fraction of sp³-hybridized carbons (Fsp3) is 0.533. The van der Waals surface area contributed by atoms with Gasteiger partial charge in [-0.15, -0.1) is 0 Å². The Hall–Kier alpha value is -1.51. The molecule has 0 radical (unpaired) electrons. The molecule has 0 aromatic carbocycles. The van der Waals surface area contributed by atoms with Crippen molar-refractivity contribution < 1.29 is 0 Å². The standard InChI is InChI=1S/C15H23N3/c1-5-16-12(3)14-6-7-15(13(4)17-14)18-9-8-11(2)10-18/h6-7,11,16H,3,5,8-10H2,1-2,4H3. The average Bonchev–Trinajstić information content (AvgIpc) is 2.76. The van der Waals surface area contributed by atoms with Gasteiger partial charge in [0.1, 0.15) is 0 Å². The minimum Gasteiger partial charge on any atom is -0.384 e. The number of anilines is 1. The van der Waals surface area contributed by atoms with E-state index >= 15 is 0 Å². The molecule has 2 rings (SSSR count). The quantitative estimate of drug-likeness (QED) is 0.884. The molecule has 1 unspecified atom stereocenters. The average molecular weight is 245 g/mol. The number of hydrogen-bond acceptors (Lipinski definition) is 3. The van der Waals surface area contributed by atoms with E-state index in [1.165, 1.54) is 12.1 Å². The van der Waals surface area contributed by atoms with Gasteiger partial charge < -0.3 is 10.2 Å². The molecule has 1 aliphatic rings. The van der Waals surface area contributed by atoms with E-state index in [4.69, 9.17) is 0 Å². The van der Waals surface area contributed by atoms with Crippen LogP contribution in [0.4, 0.5) is 5.69 Å². The molecule has 1 aliphatic heterocycles. The van der Waals surface area contributed by atoms with Gasteiger partial charge in [-0.05, 0) is 38.3 Å². The summed E-state index contributed by atoms with van der Waals surface area (Å²) in [6, 6.07) is 4.24. The van der Waals surface area contributed by atoms with Crippen LogP contribution in [0.25, 0.3) is 5.70 Å². The van der Waals surface area contributed by atoms with Crippen molar-refractivity contribution in [1.29, 1.82) is 0 Å². The second-order valence-corrected chi connectivity index (χ2v) is 5.15. The normalized spacial score (nSPS) is 19.1. The van der Waals surface area contributed by atoms with E-state index < -0.39 is 0 Å². The van der Waals surface area contributed by atoms with Gasteiger partial charge in [0.25, 0.3) is 0 Å². The Kier molecular flexibility index (Phi) is 3.90. The number of aryl methyl sites for hydroxylation is 1. The van der Waals surface area contributed by atoms with Gasteiger partial charge in [-0.25, -0.2) is 4.98 Å². The summed E-state index contributed by atoms with van der Waals surface area (Å²) in [4.78, 5) is 7.09. The maximum Gasteiger partial charge on any atom is 0.0859 e. The first-order valence-electron chi connectivity index (χ1n) is 6.77. The van der Waals surface area contributed by atoms with Gasteiger partial charge in [0.15, 0.2) is 0 Å². The molecule has 2 heterocycles. The van der Waals surface area contributed by atoms with Crippen molar-refractivity contribution in [3.05, 3.63) is 30.1 Å². The number of aromatic nitrogens is 1. The van der Waals surface area contributed by atoms with Crippen LogP contribution in [0.2, 0.25) is 0 Å². The van der Waals surface area contributed by atoms with Crippen molar-refractivity contribution in [2.24, 2.45) is 5.92 Å². The molecule has 1 aromatic rings. The van der Waals surface area contributed by atoms with E-state index in [0.717, 1.165) is 42.6 Å². The summed E-state index contributed by atoms with van der Waals surface area (Å²) < 4.78 is 0. The highest BCUT2D eigenvalue weighted by atomic mass is 15.2. The highest BCUT2D eigenvalue weighted by Gasteiger charge is 2.20. The van der Waals surface area contributed by atoms with Crippen molar-refractivity contribution >= 4 is 11.4 Å². The minimum absolute atomic E-state index is 0.792. The Morgan fingerprint density at radius 2 is 2.33 bits per heavy atom. The zero-order valence-corrected chi connectivity index (χ0v) is 11.7. The third-order valence-corrected chi connectivity index (χ3v) is 3.52. The van der Waals surface area contributed by atoms with Crippen LogP contribution in [0.15, 0.2) is 18.7 Å². The van der Waals surface area contributed by atoms with Crippen LogP contribution in [0.3, 0.4) is 0 Å². The van der Waals surface area contributed by atoms with E-state index in [2.05, 4.69) is 54.7 Å². The Balaban J connectivity index is 2.17. The lowest BCUT2D eigenvalue weighted by molar-refractivity contribution is 0.659. The molecule has 18 heavy (non-hydrogen) atoms. The molecule has 1 N–H and O–H groups in total. The molecule has 0 bridgehead atoms. The first kappa shape index (κ1) is 12.9. The maximum atomic E-state index is 4.66. The van der Waals surface area contributed by atoms with E-state index in [9.17, 15) is 0 Å². The summed E-state index contributed by atoms with van der Waals surface area (Å²) in [5.74, 6) is 0.792. The predicted molar refractivity (Wildman–Crippen MR) is 77.7 cm³/mol. The molecule has 1 aromatic heterocycles. The number of nitrogens with one attached hydrogen (secondary N) is 1. The SMILES string of the molecule is C=C(NCC)c1ccc(N2CCC(C)C2)c(C)n1. The molecule has 0 spiro atoms. The van der Waals surface area contributed by atoms with Crippen LogP contribution in [0, 0.1) is 12.8 Å². The van der Waals surface area contributed by atoms with Gasteiger partial charge in [-0.2, -0.15) is 0 Å². The molecule has 0 aliphatic carbocycles. The lowest BCUT2D eigenvalue weighted by Crippen LogP contribution is -2.21. The van der Waals surface area contributed by atoms with Crippen molar-refractivity contribution in [3.63, 3.8) is 0 Å². The lowest BCUT2D eigenvalue weighted by Gasteiger charge is -2.20. The zero-order valence-electron chi connectivity index (χ0n) is 11.7. The van der Waals surface area contributed by atoms with Crippen molar-refractivity contribution in [3.8, 4) is 0 Å². The lowest BCUT2D eigenvalue weighted by atomic mass is 10.2. The second-order valence-electron chi connectivity index (χ2n) is 5.15. The van der Waals surface area contributed by atoms with Gasteiger partial charge in [-0.3, -0.25) is 0 Å². The summed E-state index contributed by atoms with van der Waals surface area (Å²) in [5, 5.41) is 3.21. The van der Waals surface area contributed by atoms with Gasteiger partial charge >= 0.3 is 0 Å². The largest absolute Gasteiger partial charge is 0.384 e. The highest BCUT2D eigenvalue weighted by Crippen LogP contribution is 2.26. The third kappa shape index (κ3) is 2.66. The zero-order chi connectivity index (χ0) is 13.1. The number of rotatable bonds is 4. The molecule has 1 fully saturated rings. The van der Waals surface area contributed by atoms with Gasteiger partial charge in [0.2, 0.25) is 0 Å². The minimum atomic E-state index is 0.792. The number of nitrogens with zero attached hydrogens (tertiary/aromatic N) is 2. The highest BCUT2D eigenvalue weighted by molar-refractivity contribution is 5.62. The van der Waals surface area contributed by atoms with Gasteiger partial charge in [-0.1, -0.05) is 13.5 Å². The van der Waals surface area contributed by atoms with Crippen molar-refractivity contribution in [2.45, 2.75) is 27.2 Å². The molecule has 0 saturated carbocycles. The Morgan fingerprint density at radius 3 is 2.89 bits per heavy atom. The Morgan fingerprint density at radius 1 is 1.56 bits per heavy atom. The molecule has 3 nitrogen and oxygen atoms in total. The molecular weight excluding hydrogens is 222 g/mol.